The molecule has 0 fully saturated rings. The first-order chi connectivity index (χ1) is 13.7. The number of nitrogens with zero attached hydrogens (tertiary/aromatic N) is 2. The topological polar surface area (TPSA) is 70.3 Å². The molecule has 0 aliphatic carbocycles. The highest BCUT2D eigenvalue weighted by molar-refractivity contribution is 7.07. The molecule has 0 unspecified atom stereocenters. The molecule has 0 aliphatic heterocycles. The second kappa shape index (κ2) is 8.16. The number of halogens is 1. The molecule has 0 aliphatic rings. The number of esters is 1. The molecule has 0 saturated heterocycles. The largest absolute Gasteiger partial charge is 0.456 e. The van der Waals surface area contributed by atoms with Crippen LogP contribution in [0, 0.1) is 33.5 Å². The van der Waals surface area contributed by atoms with Crippen molar-refractivity contribution in [2.75, 3.05) is 6.61 Å². The molecule has 3 aromatic rings. The number of hydrogen-bond acceptors (Lipinski definition) is 5. The third-order valence-corrected chi connectivity index (χ3v) is 5.65. The summed E-state index contributed by atoms with van der Waals surface area (Å²) in [6.07, 6.45) is 0. The molecule has 8 heteroatoms. The zero-order valence-electron chi connectivity index (χ0n) is 16.6. The van der Waals surface area contributed by atoms with Gasteiger partial charge in [0.15, 0.2) is 6.61 Å². The first-order valence-electron chi connectivity index (χ1n) is 8.98. The zero-order chi connectivity index (χ0) is 21.3. The fourth-order valence-electron chi connectivity index (χ4n) is 3.16. The SMILES string of the molecule is Cc1ccc(-n2c(C)cc(C(=O)COC(=O)Cn3c(C)csc3=O)c2C)cc1F. The van der Waals surface area contributed by atoms with Crippen LogP contribution < -0.4 is 4.87 Å². The Labute approximate surface area is 171 Å². The summed E-state index contributed by atoms with van der Waals surface area (Å²) in [6, 6.07) is 6.58. The number of carbonyl (C=O) groups is 2. The van der Waals surface area contributed by atoms with E-state index in [2.05, 4.69) is 0 Å². The van der Waals surface area contributed by atoms with Gasteiger partial charge >= 0.3 is 10.8 Å². The number of aromatic nitrogens is 2. The van der Waals surface area contributed by atoms with Gasteiger partial charge in [-0.25, -0.2) is 4.39 Å². The molecule has 3 rings (SSSR count). The number of carbonyl (C=O) groups excluding carboxylic acids is 2. The molecule has 2 aromatic heterocycles. The molecule has 0 atom stereocenters. The first-order valence-corrected chi connectivity index (χ1v) is 9.86. The minimum absolute atomic E-state index is 0.233. The third kappa shape index (κ3) is 4.22. The maximum absolute atomic E-state index is 14.0. The summed E-state index contributed by atoms with van der Waals surface area (Å²) >= 11 is 1.00. The van der Waals surface area contributed by atoms with Gasteiger partial charge in [-0.15, -0.1) is 0 Å². The van der Waals surface area contributed by atoms with Gasteiger partial charge in [0.1, 0.15) is 12.4 Å². The van der Waals surface area contributed by atoms with Crippen molar-refractivity contribution in [3.8, 4) is 5.69 Å². The maximum Gasteiger partial charge on any atom is 0.326 e. The van der Waals surface area contributed by atoms with Crippen LogP contribution >= 0.6 is 11.3 Å². The minimum Gasteiger partial charge on any atom is -0.456 e. The number of ether oxygens (including phenoxy) is 1. The number of rotatable bonds is 6. The van der Waals surface area contributed by atoms with Gasteiger partial charge in [0.25, 0.3) is 0 Å². The van der Waals surface area contributed by atoms with Crippen LogP contribution in [0.2, 0.25) is 0 Å². The molecule has 0 spiro atoms. The molecular weight excluding hydrogens is 395 g/mol. The van der Waals surface area contributed by atoms with E-state index >= 15 is 0 Å². The number of hydrogen-bond donors (Lipinski definition) is 0. The molecule has 2 heterocycles. The Morgan fingerprint density at radius 1 is 1.10 bits per heavy atom. The van der Waals surface area contributed by atoms with Crippen LogP contribution in [0.25, 0.3) is 5.69 Å². The average Bonchev–Trinajstić information content (AvgIpc) is 3.15. The molecule has 0 radical (unpaired) electrons. The van der Waals surface area contributed by atoms with E-state index in [1.807, 2.05) is 6.92 Å². The fourth-order valence-corrected chi connectivity index (χ4v) is 3.89. The number of ketones is 1. The molecule has 6 nitrogen and oxygen atoms in total. The van der Waals surface area contributed by atoms with Crippen molar-refractivity contribution in [3.05, 3.63) is 73.3 Å². The van der Waals surface area contributed by atoms with Crippen LogP contribution in [-0.4, -0.2) is 27.5 Å². The Balaban J connectivity index is 1.74. The van der Waals surface area contributed by atoms with Crippen molar-refractivity contribution < 1.29 is 18.7 Å². The van der Waals surface area contributed by atoms with Crippen molar-refractivity contribution >= 4 is 23.1 Å². The minimum atomic E-state index is -0.656. The summed E-state index contributed by atoms with van der Waals surface area (Å²) in [7, 11) is 0. The summed E-state index contributed by atoms with van der Waals surface area (Å²) in [6.45, 7) is 6.32. The van der Waals surface area contributed by atoms with Crippen molar-refractivity contribution in [2.45, 2.75) is 34.2 Å². The zero-order valence-corrected chi connectivity index (χ0v) is 17.4. The van der Waals surface area contributed by atoms with E-state index in [4.69, 9.17) is 4.74 Å². The van der Waals surface area contributed by atoms with Gasteiger partial charge in [-0.2, -0.15) is 0 Å². The lowest BCUT2D eigenvalue weighted by atomic mass is 10.1. The highest BCUT2D eigenvalue weighted by atomic mass is 32.1. The molecule has 0 bridgehead atoms. The Morgan fingerprint density at radius 3 is 2.45 bits per heavy atom. The summed E-state index contributed by atoms with van der Waals surface area (Å²) in [5.41, 5.74) is 3.63. The van der Waals surface area contributed by atoms with E-state index in [1.165, 1.54) is 10.6 Å². The van der Waals surface area contributed by atoms with Gasteiger partial charge in [0.05, 0.1) is 0 Å². The predicted octanol–water partition coefficient (Wildman–Crippen LogP) is 3.50. The standard InChI is InChI=1S/C21H21FN2O4S/c1-12-5-6-16(8-18(12)22)24-13(2)7-17(15(24)4)19(25)10-28-20(26)9-23-14(3)11-29-21(23)27/h5-8,11H,9-10H2,1-4H3. The molecule has 0 saturated carbocycles. The highest BCUT2D eigenvalue weighted by Gasteiger charge is 2.19. The molecule has 0 amide bonds. The van der Waals surface area contributed by atoms with E-state index in [9.17, 15) is 18.8 Å². The monoisotopic (exact) mass is 416 g/mol. The Kier molecular flexibility index (Phi) is 5.83. The lowest BCUT2D eigenvalue weighted by molar-refractivity contribution is -0.143. The van der Waals surface area contributed by atoms with Gasteiger partial charge in [-0.1, -0.05) is 17.4 Å². The molecule has 1 aromatic carbocycles. The smallest absolute Gasteiger partial charge is 0.326 e. The normalized spacial score (nSPS) is 10.9. The second-order valence-electron chi connectivity index (χ2n) is 6.87. The van der Waals surface area contributed by atoms with Gasteiger partial charge in [-0.05, 0) is 51.5 Å². The Bertz CT molecular complexity index is 1160. The lowest BCUT2D eigenvalue weighted by Crippen LogP contribution is -2.24. The van der Waals surface area contributed by atoms with Gasteiger partial charge in [0, 0.05) is 33.7 Å². The number of thiazole rings is 1. The van der Waals surface area contributed by atoms with Crippen molar-refractivity contribution in [1.29, 1.82) is 0 Å². The second-order valence-corrected chi connectivity index (χ2v) is 7.69. The molecule has 152 valence electrons. The summed E-state index contributed by atoms with van der Waals surface area (Å²) in [5, 5.41) is 1.66. The van der Waals surface area contributed by atoms with Gasteiger partial charge in [0.2, 0.25) is 5.78 Å². The highest BCUT2D eigenvalue weighted by Crippen LogP contribution is 2.23. The fraction of sp³-hybridized carbons (Fsp3) is 0.286. The molecule has 29 heavy (non-hydrogen) atoms. The summed E-state index contributed by atoms with van der Waals surface area (Å²) in [5.74, 6) is -1.34. The van der Waals surface area contributed by atoms with Crippen LogP contribution in [0.15, 0.2) is 34.4 Å². The van der Waals surface area contributed by atoms with E-state index < -0.39 is 12.6 Å². The maximum atomic E-state index is 14.0. The quantitative estimate of drug-likeness (QED) is 0.456. The first kappa shape index (κ1) is 20.7. The van der Waals surface area contributed by atoms with E-state index in [-0.39, 0.29) is 23.0 Å². The lowest BCUT2D eigenvalue weighted by Gasteiger charge is -2.11. The summed E-state index contributed by atoms with van der Waals surface area (Å²) in [4.78, 5) is 36.0. The Morgan fingerprint density at radius 2 is 1.83 bits per heavy atom. The van der Waals surface area contributed by atoms with E-state index in [0.717, 1.165) is 17.0 Å². The van der Waals surface area contributed by atoms with Gasteiger partial charge in [-0.3, -0.25) is 19.0 Å². The van der Waals surface area contributed by atoms with Crippen LogP contribution in [0.3, 0.4) is 0 Å². The number of Topliss-reactive ketones (excluding diaryl/α,β-unsaturated/α-hetero) is 1. The molecular formula is C21H21FN2O4S. The van der Waals surface area contributed by atoms with Crippen molar-refractivity contribution in [2.24, 2.45) is 0 Å². The summed E-state index contributed by atoms with van der Waals surface area (Å²) < 4.78 is 22.1. The van der Waals surface area contributed by atoms with Crippen LogP contribution in [0.5, 0.6) is 0 Å². The van der Waals surface area contributed by atoms with Gasteiger partial charge < -0.3 is 9.30 Å². The van der Waals surface area contributed by atoms with Crippen molar-refractivity contribution in [3.63, 3.8) is 0 Å². The van der Waals surface area contributed by atoms with Crippen LogP contribution in [0.1, 0.15) is 33.0 Å². The molecule has 0 N–H and O–H groups in total. The average molecular weight is 416 g/mol. The third-order valence-electron chi connectivity index (χ3n) is 4.77. The van der Waals surface area contributed by atoms with Crippen LogP contribution in [-0.2, 0) is 16.1 Å². The predicted molar refractivity (Wildman–Crippen MR) is 109 cm³/mol. The Hall–Kier alpha value is -3.00. The number of aryl methyl sites for hydroxylation is 3. The van der Waals surface area contributed by atoms with E-state index in [0.29, 0.717) is 28.2 Å². The van der Waals surface area contributed by atoms with E-state index in [1.54, 1.807) is 48.9 Å². The van der Waals surface area contributed by atoms with Crippen LogP contribution in [0.4, 0.5) is 4.39 Å². The van der Waals surface area contributed by atoms with Crippen molar-refractivity contribution in [1.82, 2.24) is 9.13 Å². The number of benzene rings is 1.